The van der Waals surface area contributed by atoms with Crippen molar-refractivity contribution in [2.24, 2.45) is 0 Å². The Balaban J connectivity index is 1.94. The maximum absolute atomic E-state index is 12.9. The van der Waals surface area contributed by atoms with Crippen molar-refractivity contribution in [3.8, 4) is 11.1 Å². The van der Waals surface area contributed by atoms with Crippen LogP contribution in [-0.4, -0.2) is 46.8 Å². The smallest absolute Gasteiger partial charge is 0.257 e. The average Bonchev–Trinajstić information content (AvgIpc) is 2.58. The van der Waals surface area contributed by atoms with Gasteiger partial charge in [0.15, 0.2) is 0 Å². The van der Waals surface area contributed by atoms with Gasteiger partial charge < -0.3 is 15.5 Å². The maximum Gasteiger partial charge on any atom is 0.257 e. The molecule has 7 heteroatoms. The molecule has 1 saturated carbocycles. The lowest BCUT2D eigenvalue weighted by Gasteiger charge is -2.35. The van der Waals surface area contributed by atoms with Gasteiger partial charge in [-0.25, -0.2) is 9.97 Å². The highest BCUT2D eigenvalue weighted by Crippen LogP contribution is 2.28. The van der Waals surface area contributed by atoms with Crippen molar-refractivity contribution >= 4 is 23.5 Å². The minimum Gasteiger partial charge on any atom is -0.372 e. The Bertz CT molecular complexity index is 832. The Morgan fingerprint density at radius 3 is 2.58 bits per heavy atom. The fourth-order valence-corrected chi connectivity index (χ4v) is 2.97. The van der Waals surface area contributed by atoms with Crippen LogP contribution in [0.1, 0.15) is 36.5 Å². The van der Waals surface area contributed by atoms with Gasteiger partial charge in [-0.05, 0) is 43.0 Å². The molecule has 0 atom stereocenters. The largest absolute Gasteiger partial charge is 0.372 e. The number of hydrogen-bond donors (Lipinski definition) is 2. The van der Waals surface area contributed by atoms with E-state index >= 15 is 0 Å². The first-order valence-corrected chi connectivity index (χ1v) is 8.68. The van der Waals surface area contributed by atoms with E-state index in [1.165, 1.54) is 13.3 Å². The molecule has 136 valence electrons. The fraction of sp³-hybridized carbons (Fsp3) is 0.368. The second kappa shape index (κ2) is 7.51. The lowest BCUT2D eigenvalue weighted by Crippen LogP contribution is -2.41. The third kappa shape index (κ3) is 3.66. The van der Waals surface area contributed by atoms with Crippen molar-refractivity contribution in [1.29, 1.82) is 0 Å². The van der Waals surface area contributed by atoms with Gasteiger partial charge in [0.25, 0.3) is 5.91 Å². The summed E-state index contributed by atoms with van der Waals surface area (Å²) in [5, 5.41) is 5.66. The molecule has 2 N–H and O–H groups in total. The number of nitrogens with one attached hydrogen (secondary N) is 2. The van der Waals surface area contributed by atoms with Crippen LogP contribution in [0.5, 0.6) is 0 Å². The summed E-state index contributed by atoms with van der Waals surface area (Å²) in [7, 11) is 3.60. The van der Waals surface area contributed by atoms with E-state index in [1.54, 1.807) is 30.4 Å². The first-order valence-electron chi connectivity index (χ1n) is 8.68. The lowest BCUT2D eigenvalue weighted by atomic mass is 9.91. The van der Waals surface area contributed by atoms with E-state index in [4.69, 9.17) is 0 Å². The monoisotopic (exact) mass is 353 g/mol. The van der Waals surface area contributed by atoms with Crippen LogP contribution in [0.4, 0.5) is 11.6 Å². The molecule has 0 aromatic carbocycles. The van der Waals surface area contributed by atoms with Crippen molar-refractivity contribution in [3.05, 3.63) is 36.2 Å². The second-order valence-electron chi connectivity index (χ2n) is 6.48. The average molecular weight is 353 g/mol. The van der Waals surface area contributed by atoms with E-state index in [-0.39, 0.29) is 11.8 Å². The number of aromatic nitrogens is 2. The summed E-state index contributed by atoms with van der Waals surface area (Å²) in [5.41, 5.74) is 2.17. The fourth-order valence-electron chi connectivity index (χ4n) is 2.97. The van der Waals surface area contributed by atoms with Gasteiger partial charge in [0, 0.05) is 45.0 Å². The molecular formula is C19H23N5O2. The number of anilines is 2. The van der Waals surface area contributed by atoms with Crippen LogP contribution in [0.3, 0.4) is 0 Å². The Kier molecular flexibility index (Phi) is 5.16. The van der Waals surface area contributed by atoms with E-state index in [0.29, 0.717) is 23.2 Å². The molecule has 0 aliphatic heterocycles. The third-order valence-corrected chi connectivity index (χ3v) is 4.70. The molecule has 1 fully saturated rings. The molecule has 1 aliphatic rings. The summed E-state index contributed by atoms with van der Waals surface area (Å²) in [4.78, 5) is 34.5. The van der Waals surface area contributed by atoms with E-state index < -0.39 is 0 Å². The highest BCUT2D eigenvalue weighted by Gasteiger charge is 2.28. The molecule has 26 heavy (non-hydrogen) atoms. The van der Waals surface area contributed by atoms with E-state index in [1.807, 2.05) is 19.2 Å². The SMILES string of the molecule is CNc1ncc(-c2ccnc(NC(C)=O)c2)cc1C(=O)N(C)C1CCC1. The van der Waals surface area contributed by atoms with Crippen molar-refractivity contribution < 1.29 is 9.59 Å². The zero-order chi connectivity index (χ0) is 18.7. The molecule has 1 aliphatic carbocycles. The molecule has 0 bridgehead atoms. The summed E-state index contributed by atoms with van der Waals surface area (Å²) in [6.07, 6.45) is 6.60. The van der Waals surface area contributed by atoms with Gasteiger partial charge in [0.1, 0.15) is 11.6 Å². The molecule has 0 radical (unpaired) electrons. The van der Waals surface area contributed by atoms with Crippen LogP contribution in [0.15, 0.2) is 30.6 Å². The predicted molar refractivity (Wildman–Crippen MR) is 101 cm³/mol. The van der Waals surface area contributed by atoms with E-state index in [9.17, 15) is 9.59 Å². The molecule has 0 spiro atoms. The normalized spacial score (nSPS) is 13.7. The van der Waals surface area contributed by atoms with E-state index in [2.05, 4.69) is 20.6 Å². The maximum atomic E-state index is 12.9. The number of nitrogens with zero attached hydrogens (tertiary/aromatic N) is 3. The van der Waals surface area contributed by atoms with E-state index in [0.717, 1.165) is 24.0 Å². The molecule has 2 amide bonds. The molecule has 2 heterocycles. The van der Waals surface area contributed by atoms with Crippen LogP contribution in [0, 0.1) is 0 Å². The van der Waals surface area contributed by atoms with Crippen LogP contribution < -0.4 is 10.6 Å². The molecular weight excluding hydrogens is 330 g/mol. The summed E-state index contributed by atoms with van der Waals surface area (Å²) in [5.74, 6) is 0.800. The number of carbonyl (C=O) groups excluding carboxylic acids is 2. The topological polar surface area (TPSA) is 87.2 Å². The molecule has 2 aromatic heterocycles. The van der Waals surface area contributed by atoms with Gasteiger partial charge in [-0.15, -0.1) is 0 Å². The number of rotatable bonds is 5. The Labute approximate surface area is 152 Å². The van der Waals surface area contributed by atoms with Crippen LogP contribution in [-0.2, 0) is 4.79 Å². The first-order chi connectivity index (χ1) is 12.5. The van der Waals surface area contributed by atoms with Crippen LogP contribution in [0.2, 0.25) is 0 Å². The third-order valence-electron chi connectivity index (χ3n) is 4.70. The molecule has 0 unspecified atom stereocenters. The number of carbonyl (C=O) groups is 2. The van der Waals surface area contributed by atoms with Gasteiger partial charge in [0.05, 0.1) is 5.56 Å². The summed E-state index contributed by atoms with van der Waals surface area (Å²) < 4.78 is 0. The van der Waals surface area contributed by atoms with Crippen molar-refractivity contribution in [3.63, 3.8) is 0 Å². The van der Waals surface area contributed by atoms with Crippen LogP contribution in [0.25, 0.3) is 11.1 Å². The van der Waals surface area contributed by atoms with Crippen LogP contribution >= 0.6 is 0 Å². The van der Waals surface area contributed by atoms with Crippen molar-refractivity contribution in [2.45, 2.75) is 32.2 Å². The van der Waals surface area contributed by atoms with Gasteiger partial charge in [-0.2, -0.15) is 0 Å². The number of amides is 2. The molecule has 2 aromatic rings. The summed E-state index contributed by atoms with van der Waals surface area (Å²) >= 11 is 0. The quantitative estimate of drug-likeness (QED) is 0.863. The minimum atomic E-state index is -0.184. The number of pyridine rings is 2. The predicted octanol–water partition coefficient (Wildman–Crippen LogP) is 2.77. The Morgan fingerprint density at radius 2 is 1.96 bits per heavy atom. The van der Waals surface area contributed by atoms with Gasteiger partial charge >= 0.3 is 0 Å². The lowest BCUT2D eigenvalue weighted by molar-refractivity contribution is -0.114. The first kappa shape index (κ1) is 17.8. The standard InChI is InChI=1S/C19H23N5O2/c1-12(25)23-17-10-13(7-8-21-17)14-9-16(18(20-2)22-11-14)19(26)24(3)15-5-4-6-15/h7-11,15H,4-6H2,1-3H3,(H,20,22)(H,21,23,25). The molecule has 7 nitrogen and oxygen atoms in total. The van der Waals surface area contributed by atoms with Gasteiger partial charge in [-0.3, -0.25) is 9.59 Å². The Morgan fingerprint density at radius 1 is 1.19 bits per heavy atom. The zero-order valence-electron chi connectivity index (χ0n) is 15.2. The van der Waals surface area contributed by atoms with Gasteiger partial charge in [-0.1, -0.05) is 0 Å². The highest BCUT2D eigenvalue weighted by atomic mass is 16.2. The van der Waals surface area contributed by atoms with Crippen molar-refractivity contribution in [2.75, 3.05) is 24.7 Å². The number of hydrogen-bond acceptors (Lipinski definition) is 5. The zero-order valence-corrected chi connectivity index (χ0v) is 15.2. The second-order valence-corrected chi connectivity index (χ2v) is 6.48. The van der Waals surface area contributed by atoms with Gasteiger partial charge in [0.2, 0.25) is 5.91 Å². The summed E-state index contributed by atoms with van der Waals surface area (Å²) in [6, 6.07) is 5.73. The molecule has 3 rings (SSSR count). The minimum absolute atomic E-state index is 0.0375. The molecule has 0 saturated heterocycles. The highest BCUT2D eigenvalue weighted by molar-refractivity contribution is 6.00. The summed E-state index contributed by atoms with van der Waals surface area (Å²) in [6.45, 7) is 1.44. The Hall–Kier alpha value is -2.96. The van der Waals surface area contributed by atoms with Crippen molar-refractivity contribution in [1.82, 2.24) is 14.9 Å².